The molecule has 0 fully saturated rings. The van der Waals surface area contributed by atoms with E-state index in [-0.39, 0.29) is 16.9 Å². The zero-order valence-corrected chi connectivity index (χ0v) is 10.3. The monoisotopic (exact) mass is 340 g/mol. The van der Waals surface area contributed by atoms with Gasteiger partial charge in [-0.05, 0) is 41.6 Å². The highest BCUT2D eigenvalue weighted by Gasteiger charge is 2.15. The second-order valence-corrected chi connectivity index (χ2v) is 4.08. The SMILES string of the molecule is CC(=O)c1cc(C=O)c(I)cc1OC(F)F. The molecule has 86 valence electrons. The summed E-state index contributed by atoms with van der Waals surface area (Å²) in [6.45, 7) is -1.79. The highest BCUT2D eigenvalue weighted by Crippen LogP contribution is 2.26. The van der Waals surface area contributed by atoms with Gasteiger partial charge in [0.05, 0.1) is 5.56 Å². The second-order valence-electron chi connectivity index (χ2n) is 2.92. The van der Waals surface area contributed by atoms with Gasteiger partial charge in [-0.3, -0.25) is 9.59 Å². The van der Waals surface area contributed by atoms with Crippen molar-refractivity contribution in [2.24, 2.45) is 0 Å². The van der Waals surface area contributed by atoms with Crippen LogP contribution in [-0.2, 0) is 0 Å². The van der Waals surface area contributed by atoms with E-state index in [0.29, 0.717) is 9.86 Å². The van der Waals surface area contributed by atoms with Crippen molar-refractivity contribution in [3.05, 3.63) is 26.8 Å². The largest absolute Gasteiger partial charge is 0.434 e. The molecule has 0 amide bonds. The molecule has 0 unspecified atom stereocenters. The Labute approximate surface area is 104 Å². The van der Waals surface area contributed by atoms with Gasteiger partial charge < -0.3 is 4.74 Å². The number of rotatable bonds is 4. The molecular formula is C10H7F2IO3. The lowest BCUT2D eigenvalue weighted by atomic mass is 10.1. The summed E-state index contributed by atoms with van der Waals surface area (Å²) in [4.78, 5) is 21.8. The molecular weight excluding hydrogens is 333 g/mol. The van der Waals surface area contributed by atoms with Gasteiger partial charge in [-0.25, -0.2) is 0 Å². The Kier molecular flexibility index (Phi) is 4.34. The van der Waals surface area contributed by atoms with Crippen LogP contribution < -0.4 is 4.74 Å². The van der Waals surface area contributed by atoms with Gasteiger partial charge in [0.1, 0.15) is 5.75 Å². The third-order valence-electron chi connectivity index (χ3n) is 1.82. The van der Waals surface area contributed by atoms with E-state index in [0.717, 1.165) is 0 Å². The lowest BCUT2D eigenvalue weighted by Gasteiger charge is -2.10. The van der Waals surface area contributed by atoms with Crippen LogP contribution in [0.5, 0.6) is 5.75 Å². The van der Waals surface area contributed by atoms with Gasteiger partial charge >= 0.3 is 6.61 Å². The lowest BCUT2D eigenvalue weighted by molar-refractivity contribution is -0.0501. The van der Waals surface area contributed by atoms with Crippen LogP contribution in [0, 0.1) is 3.57 Å². The molecule has 0 aliphatic rings. The number of hydrogen-bond donors (Lipinski definition) is 0. The first-order chi connectivity index (χ1) is 7.45. The van der Waals surface area contributed by atoms with E-state index < -0.39 is 12.4 Å². The minimum Gasteiger partial charge on any atom is -0.434 e. The summed E-state index contributed by atoms with van der Waals surface area (Å²) in [6.07, 6.45) is 0.556. The molecule has 6 heteroatoms. The normalized spacial score (nSPS) is 10.3. The summed E-state index contributed by atoms with van der Waals surface area (Å²) in [5.41, 5.74) is 0.246. The minimum absolute atomic E-state index is 0.0252. The van der Waals surface area contributed by atoms with Crippen LogP contribution in [0.2, 0.25) is 0 Å². The maximum atomic E-state index is 12.1. The Bertz CT molecular complexity index is 432. The highest BCUT2D eigenvalue weighted by atomic mass is 127. The molecule has 0 heterocycles. The van der Waals surface area contributed by atoms with Crippen LogP contribution in [0.4, 0.5) is 8.78 Å². The van der Waals surface area contributed by atoms with Gasteiger partial charge in [0, 0.05) is 9.13 Å². The molecule has 0 saturated heterocycles. The summed E-state index contributed by atoms with van der Waals surface area (Å²) in [5.74, 6) is -0.646. The van der Waals surface area contributed by atoms with Crippen molar-refractivity contribution in [2.45, 2.75) is 13.5 Å². The maximum Gasteiger partial charge on any atom is 0.387 e. The molecule has 0 bridgehead atoms. The number of ether oxygens (including phenoxy) is 1. The first-order valence-corrected chi connectivity index (χ1v) is 5.28. The summed E-state index contributed by atoms with van der Waals surface area (Å²) in [6, 6.07) is 2.49. The van der Waals surface area contributed by atoms with Crippen LogP contribution in [-0.4, -0.2) is 18.7 Å². The molecule has 1 rings (SSSR count). The Morgan fingerprint density at radius 2 is 2.12 bits per heavy atom. The van der Waals surface area contributed by atoms with Gasteiger partial charge in [-0.1, -0.05) is 0 Å². The molecule has 0 radical (unpaired) electrons. The molecule has 0 spiro atoms. The third-order valence-corrected chi connectivity index (χ3v) is 2.76. The first kappa shape index (κ1) is 13.0. The molecule has 0 N–H and O–H groups in total. The molecule has 3 nitrogen and oxygen atoms in total. The number of halogens is 3. The van der Waals surface area contributed by atoms with Gasteiger partial charge in [0.15, 0.2) is 12.1 Å². The fourth-order valence-electron chi connectivity index (χ4n) is 1.13. The predicted molar refractivity (Wildman–Crippen MR) is 61.2 cm³/mol. The first-order valence-electron chi connectivity index (χ1n) is 4.20. The summed E-state index contributed by atoms with van der Waals surface area (Å²) in [5, 5.41) is 0. The zero-order chi connectivity index (χ0) is 12.3. The van der Waals surface area contributed by atoms with E-state index in [2.05, 4.69) is 4.74 Å². The summed E-state index contributed by atoms with van der Waals surface area (Å²) >= 11 is 1.81. The van der Waals surface area contributed by atoms with Crippen molar-refractivity contribution in [3.8, 4) is 5.75 Å². The average Bonchev–Trinajstić information content (AvgIpc) is 2.16. The standard InChI is InChI=1S/C10H7F2IO3/c1-5(15)7-2-6(4-14)8(13)3-9(7)16-10(11)12/h2-4,10H,1H3. The maximum absolute atomic E-state index is 12.1. The molecule has 0 aliphatic carbocycles. The van der Waals surface area contributed by atoms with Crippen LogP contribution in [0.3, 0.4) is 0 Å². The van der Waals surface area contributed by atoms with Gasteiger partial charge in [0.2, 0.25) is 0 Å². The number of Topliss-reactive ketones (excluding diaryl/α,β-unsaturated/α-hetero) is 1. The van der Waals surface area contributed by atoms with E-state index >= 15 is 0 Å². The molecule has 0 aliphatic heterocycles. The predicted octanol–water partition coefficient (Wildman–Crippen LogP) is 2.91. The number of carbonyl (C=O) groups is 2. The van der Waals surface area contributed by atoms with Crippen molar-refractivity contribution in [1.82, 2.24) is 0 Å². The average molecular weight is 340 g/mol. The molecule has 0 atom stereocenters. The van der Waals surface area contributed by atoms with Crippen molar-refractivity contribution in [1.29, 1.82) is 0 Å². The fraction of sp³-hybridized carbons (Fsp3) is 0.200. The number of ketones is 1. The van der Waals surface area contributed by atoms with E-state index in [1.54, 1.807) is 22.6 Å². The number of benzene rings is 1. The number of carbonyl (C=O) groups excluding carboxylic acids is 2. The third kappa shape index (κ3) is 2.97. The minimum atomic E-state index is -3.00. The molecule has 0 saturated carbocycles. The molecule has 0 aromatic heterocycles. The van der Waals surface area contributed by atoms with Crippen molar-refractivity contribution >= 4 is 34.7 Å². The van der Waals surface area contributed by atoms with Gasteiger partial charge in [-0.2, -0.15) is 8.78 Å². The van der Waals surface area contributed by atoms with Crippen LogP contribution in [0.25, 0.3) is 0 Å². The van der Waals surface area contributed by atoms with Gasteiger partial charge in [0.25, 0.3) is 0 Å². The van der Waals surface area contributed by atoms with E-state index in [9.17, 15) is 18.4 Å². The second kappa shape index (κ2) is 5.33. The van der Waals surface area contributed by atoms with E-state index in [4.69, 9.17) is 0 Å². The fourth-order valence-corrected chi connectivity index (χ4v) is 1.70. The quantitative estimate of drug-likeness (QED) is 0.481. The summed E-state index contributed by atoms with van der Waals surface area (Å²) < 4.78 is 28.8. The van der Waals surface area contributed by atoms with Crippen molar-refractivity contribution in [2.75, 3.05) is 0 Å². The topological polar surface area (TPSA) is 43.4 Å². The zero-order valence-electron chi connectivity index (χ0n) is 8.17. The number of aldehydes is 1. The Morgan fingerprint density at radius 3 is 2.56 bits per heavy atom. The lowest BCUT2D eigenvalue weighted by Crippen LogP contribution is -2.08. The number of hydrogen-bond acceptors (Lipinski definition) is 3. The van der Waals surface area contributed by atoms with Crippen LogP contribution in [0.1, 0.15) is 27.6 Å². The van der Waals surface area contributed by atoms with E-state index in [1.807, 2.05) is 0 Å². The molecule has 1 aromatic carbocycles. The van der Waals surface area contributed by atoms with Crippen LogP contribution in [0.15, 0.2) is 12.1 Å². The molecule has 16 heavy (non-hydrogen) atoms. The Balaban J connectivity index is 3.30. The Hall–Kier alpha value is -1.05. The highest BCUT2D eigenvalue weighted by molar-refractivity contribution is 14.1. The van der Waals surface area contributed by atoms with Crippen molar-refractivity contribution in [3.63, 3.8) is 0 Å². The smallest absolute Gasteiger partial charge is 0.387 e. The number of alkyl halides is 2. The summed E-state index contributed by atoms with van der Waals surface area (Å²) in [7, 11) is 0. The molecule has 1 aromatic rings. The van der Waals surface area contributed by atoms with Crippen LogP contribution >= 0.6 is 22.6 Å². The van der Waals surface area contributed by atoms with Gasteiger partial charge in [-0.15, -0.1) is 0 Å². The van der Waals surface area contributed by atoms with E-state index in [1.165, 1.54) is 19.1 Å². The Morgan fingerprint density at radius 1 is 1.50 bits per heavy atom. The van der Waals surface area contributed by atoms with Crippen molar-refractivity contribution < 1.29 is 23.1 Å².